The van der Waals surface area contributed by atoms with Crippen LogP contribution >= 0.6 is 11.6 Å². The SMILES string of the molecule is CCCN1C(=O)C(=O)/C(=C(\O)c2ccc(Cl)cc2)C1c1ccc(C(C)(C)C)cc1. The van der Waals surface area contributed by atoms with Crippen LogP contribution in [0, 0.1) is 0 Å². The third-order valence-corrected chi connectivity index (χ3v) is 5.47. The zero-order valence-electron chi connectivity index (χ0n) is 17.2. The number of amides is 1. The summed E-state index contributed by atoms with van der Waals surface area (Å²) >= 11 is 5.94. The lowest BCUT2D eigenvalue weighted by Crippen LogP contribution is -2.30. The molecule has 1 aliphatic rings. The minimum absolute atomic E-state index is 0.00688. The van der Waals surface area contributed by atoms with Gasteiger partial charge in [-0.05, 0) is 47.2 Å². The van der Waals surface area contributed by atoms with Crippen molar-refractivity contribution in [2.24, 2.45) is 0 Å². The van der Waals surface area contributed by atoms with E-state index in [1.165, 1.54) is 0 Å². The fourth-order valence-corrected chi connectivity index (χ4v) is 3.75. The van der Waals surface area contributed by atoms with Gasteiger partial charge in [0.05, 0.1) is 11.6 Å². The summed E-state index contributed by atoms with van der Waals surface area (Å²) in [7, 11) is 0. The minimum atomic E-state index is -0.657. The number of carbonyl (C=O) groups is 2. The Morgan fingerprint density at radius 2 is 1.62 bits per heavy atom. The molecule has 0 saturated carbocycles. The summed E-state index contributed by atoms with van der Waals surface area (Å²) in [6, 6.07) is 13.9. The Kier molecular flexibility index (Phi) is 5.85. The van der Waals surface area contributed by atoms with E-state index >= 15 is 0 Å². The van der Waals surface area contributed by atoms with Crippen LogP contribution in [0.3, 0.4) is 0 Å². The summed E-state index contributed by atoms with van der Waals surface area (Å²) in [4.78, 5) is 27.1. The molecule has 1 aliphatic heterocycles. The average Bonchev–Trinajstić information content (AvgIpc) is 2.93. The van der Waals surface area contributed by atoms with Gasteiger partial charge in [-0.2, -0.15) is 0 Å². The molecule has 152 valence electrons. The van der Waals surface area contributed by atoms with Crippen LogP contribution in [0.5, 0.6) is 0 Å². The lowest BCUT2D eigenvalue weighted by atomic mass is 9.85. The standard InChI is InChI=1S/C24H26ClNO3/c1-5-14-26-20(15-6-10-17(11-7-15)24(2,3)4)19(22(28)23(26)29)21(27)16-8-12-18(25)13-9-16/h6-13,20,27H,5,14H2,1-4H3/b21-19-. The Balaban J connectivity index is 2.14. The number of aliphatic hydroxyl groups is 1. The fraction of sp³-hybridized carbons (Fsp3) is 0.333. The van der Waals surface area contributed by atoms with Crippen LogP contribution in [0.15, 0.2) is 54.1 Å². The van der Waals surface area contributed by atoms with E-state index in [0.29, 0.717) is 23.6 Å². The summed E-state index contributed by atoms with van der Waals surface area (Å²) in [5.41, 5.74) is 2.54. The van der Waals surface area contributed by atoms with Crippen LogP contribution in [0.1, 0.15) is 56.8 Å². The molecule has 0 bridgehead atoms. The Labute approximate surface area is 176 Å². The van der Waals surface area contributed by atoms with E-state index in [9.17, 15) is 14.7 Å². The first-order valence-electron chi connectivity index (χ1n) is 9.80. The molecule has 1 amide bonds. The predicted octanol–water partition coefficient (Wildman–Crippen LogP) is 5.47. The third-order valence-electron chi connectivity index (χ3n) is 5.21. The second kappa shape index (κ2) is 8.03. The largest absolute Gasteiger partial charge is 0.507 e. The third kappa shape index (κ3) is 4.08. The maximum Gasteiger partial charge on any atom is 0.295 e. The van der Waals surface area contributed by atoms with E-state index in [2.05, 4.69) is 20.8 Å². The number of rotatable bonds is 4. The molecule has 0 spiro atoms. The smallest absolute Gasteiger partial charge is 0.295 e. The van der Waals surface area contributed by atoms with Crippen molar-refractivity contribution >= 4 is 29.1 Å². The number of hydrogen-bond donors (Lipinski definition) is 1. The molecule has 1 N–H and O–H groups in total. The first-order valence-corrected chi connectivity index (χ1v) is 10.2. The van der Waals surface area contributed by atoms with Gasteiger partial charge in [0.1, 0.15) is 5.76 Å². The van der Waals surface area contributed by atoms with Gasteiger partial charge in [-0.3, -0.25) is 9.59 Å². The van der Waals surface area contributed by atoms with E-state index in [1.54, 1.807) is 29.2 Å². The quantitative estimate of drug-likeness (QED) is 0.412. The van der Waals surface area contributed by atoms with Crippen LogP contribution in [-0.2, 0) is 15.0 Å². The number of aliphatic hydroxyl groups excluding tert-OH is 1. The molecule has 2 aromatic rings. The molecule has 0 radical (unpaired) electrons. The predicted molar refractivity (Wildman–Crippen MR) is 116 cm³/mol. The molecular formula is C24H26ClNO3. The van der Waals surface area contributed by atoms with Gasteiger partial charge in [-0.25, -0.2) is 0 Å². The van der Waals surface area contributed by atoms with Gasteiger partial charge in [0, 0.05) is 17.1 Å². The van der Waals surface area contributed by atoms with Crippen molar-refractivity contribution in [2.45, 2.75) is 45.6 Å². The normalized spacial score (nSPS) is 19.1. The molecule has 0 aromatic heterocycles. The van der Waals surface area contributed by atoms with Crippen molar-refractivity contribution in [3.8, 4) is 0 Å². The summed E-state index contributed by atoms with van der Waals surface area (Å²) in [5.74, 6) is -1.41. The summed E-state index contributed by atoms with van der Waals surface area (Å²) < 4.78 is 0. The molecule has 2 aromatic carbocycles. The lowest BCUT2D eigenvalue weighted by molar-refractivity contribution is -0.139. The molecule has 1 saturated heterocycles. The molecule has 5 heteroatoms. The van der Waals surface area contributed by atoms with E-state index < -0.39 is 17.7 Å². The van der Waals surface area contributed by atoms with Gasteiger partial charge in [-0.1, -0.05) is 63.6 Å². The van der Waals surface area contributed by atoms with Crippen LogP contribution in [0.4, 0.5) is 0 Å². The van der Waals surface area contributed by atoms with Crippen molar-refractivity contribution < 1.29 is 14.7 Å². The second-order valence-electron chi connectivity index (χ2n) is 8.37. The number of hydrogen-bond acceptors (Lipinski definition) is 3. The van der Waals surface area contributed by atoms with E-state index in [4.69, 9.17) is 11.6 Å². The zero-order valence-corrected chi connectivity index (χ0v) is 18.0. The monoisotopic (exact) mass is 411 g/mol. The highest BCUT2D eigenvalue weighted by atomic mass is 35.5. The number of carbonyl (C=O) groups excluding carboxylic acids is 2. The van der Waals surface area contributed by atoms with Gasteiger partial charge >= 0.3 is 0 Å². The molecule has 1 fully saturated rings. The van der Waals surface area contributed by atoms with Crippen LogP contribution in [0.2, 0.25) is 5.02 Å². The van der Waals surface area contributed by atoms with Crippen molar-refractivity contribution in [1.29, 1.82) is 0 Å². The molecule has 0 aliphatic carbocycles. The first kappa shape index (κ1) is 21.1. The topological polar surface area (TPSA) is 57.6 Å². The lowest BCUT2D eigenvalue weighted by Gasteiger charge is -2.26. The van der Waals surface area contributed by atoms with Crippen LogP contribution in [0.25, 0.3) is 5.76 Å². The Bertz CT molecular complexity index is 953. The molecule has 3 rings (SSSR count). The number of nitrogens with zero attached hydrogens (tertiary/aromatic N) is 1. The fourth-order valence-electron chi connectivity index (χ4n) is 3.63. The Morgan fingerprint density at radius 3 is 2.14 bits per heavy atom. The molecule has 1 unspecified atom stereocenters. The van der Waals surface area contributed by atoms with Crippen LogP contribution in [-0.4, -0.2) is 28.2 Å². The Hall–Kier alpha value is -2.59. The number of Topliss-reactive ketones (excluding diaryl/α,β-unsaturated/α-hetero) is 1. The molecule has 1 atom stereocenters. The summed E-state index contributed by atoms with van der Waals surface area (Å²) in [6.45, 7) is 8.79. The van der Waals surface area contributed by atoms with E-state index in [-0.39, 0.29) is 16.7 Å². The van der Waals surface area contributed by atoms with Gasteiger partial charge < -0.3 is 10.0 Å². The van der Waals surface area contributed by atoms with Crippen LogP contribution < -0.4 is 0 Å². The molecule has 1 heterocycles. The first-order chi connectivity index (χ1) is 13.6. The maximum atomic E-state index is 12.8. The summed E-state index contributed by atoms with van der Waals surface area (Å²) in [6.07, 6.45) is 0.713. The van der Waals surface area contributed by atoms with Crippen molar-refractivity contribution in [2.75, 3.05) is 6.54 Å². The highest BCUT2D eigenvalue weighted by Crippen LogP contribution is 2.40. The number of halogens is 1. The number of ketones is 1. The second-order valence-corrected chi connectivity index (χ2v) is 8.81. The highest BCUT2D eigenvalue weighted by molar-refractivity contribution is 6.46. The summed E-state index contributed by atoms with van der Waals surface area (Å²) in [5, 5.41) is 11.5. The van der Waals surface area contributed by atoms with Crippen molar-refractivity contribution in [3.05, 3.63) is 75.8 Å². The van der Waals surface area contributed by atoms with Gasteiger partial charge in [0.2, 0.25) is 0 Å². The zero-order chi connectivity index (χ0) is 21.3. The van der Waals surface area contributed by atoms with Gasteiger partial charge in [0.25, 0.3) is 11.7 Å². The molecular weight excluding hydrogens is 386 g/mol. The van der Waals surface area contributed by atoms with Gasteiger partial charge in [0.15, 0.2) is 0 Å². The minimum Gasteiger partial charge on any atom is -0.507 e. The Morgan fingerprint density at radius 1 is 1.03 bits per heavy atom. The molecule has 4 nitrogen and oxygen atoms in total. The average molecular weight is 412 g/mol. The van der Waals surface area contributed by atoms with Gasteiger partial charge in [-0.15, -0.1) is 0 Å². The van der Waals surface area contributed by atoms with E-state index in [0.717, 1.165) is 11.1 Å². The highest BCUT2D eigenvalue weighted by Gasteiger charge is 2.45. The van der Waals surface area contributed by atoms with E-state index in [1.807, 2.05) is 31.2 Å². The van der Waals surface area contributed by atoms with Crippen molar-refractivity contribution in [1.82, 2.24) is 4.90 Å². The molecule has 29 heavy (non-hydrogen) atoms. The maximum absolute atomic E-state index is 12.8. The van der Waals surface area contributed by atoms with Crippen molar-refractivity contribution in [3.63, 3.8) is 0 Å². The number of likely N-dealkylation sites (tertiary alicyclic amines) is 1. The number of benzene rings is 2.